The van der Waals surface area contributed by atoms with Crippen LogP contribution in [-0.4, -0.2) is 28.8 Å². The predicted molar refractivity (Wildman–Crippen MR) is 103 cm³/mol. The standard InChI is InChI=1S/C19H19ClFN3O2S/c1-23-15-9-3-2-8-14(15)22-19(23)16-10-4-5-12-24(16)27(25,26)17-11-6-7-13(20)18(17)21/h2-3,6-9,11,16H,4-5,10,12H2,1H3. The van der Waals surface area contributed by atoms with Crippen LogP contribution in [-0.2, 0) is 17.1 Å². The van der Waals surface area contributed by atoms with Crippen LogP contribution in [0.4, 0.5) is 4.39 Å². The molecule has 0 radical (unpaired) electrons. The molecule has 2 aromatic carbocycles. The average molecular weight is 408 g/mol. The van der Waals surface area contributed by atoms with Gasteiger partial charge in [-0.1, -0.05) is 36.2 Å². The Hall–Kier alpha value is -1.96. The van der Waals surface area contributed by atoms with Crippen LogP contribution >= 0.6 is 11.6 Å². The Morgan fingerprint density at radius 1 is 1.15 bits per heavy atom. The van der Waals surface area contributed by atoms with Crippen LogP contribution in [0.25, 0.3) is 11.0 Å². The Bertz CT molecular complexity index is 1110. The molecule has 2 heterocycles. The third kappa shape index (κ3) is 3.03. The van der Waals surface area contributed by atoms with Crippen molar-refractivity contribution in [1.29, 1.82) is 0 Å². The van der Waals surface area contributed by atoms with E-state index in [-0.39, 0.29) is 9.92 Å². The number of hydrogen-bond donors (Lipinski definition) is 0. The van der Waals surface area contributed by atoms with Crippen molar-refractivity contribution in [2.45, 2.75) is 30.2 Å². The summed E-state index contributed by atoms with van der Waals surface area (Å²) in [6.07, 6.45) is 2.25. The van der Waals surface area contributed by atoms with Crippen molar-refractivity contribution in [2.24, 2.45) is 7.05 Å². The second-order valence-corrected chi connectivity index (χ2v) is 8.96. The average Bonchev–Trinajstić information content (AvgIpc) is 3.01. The summed E-state index contributed by atoms with van der Waals surface area (Å²) in [6, 6.07) is 11.3. The maximum Gasteiger partial charge on any atom is 0.246 e. The molecule has 0 saturated carbocycles. The molecule has 0 amide bonds. The van der Waals surface area contributed by atoms with E-state index >= 15 is 0 Å². The SMILES string of the molecule is Cn1c(C2CCCCN2S(=O)(=O)c2cccc(Cl)c2F)nc2ccccc21. The smallest absolute Gasteiger partial charge is 0.246 e. The summed E-state index contributed by atoms with van der Waals surface area (Å²) in [4.78, 5) is 4.28. The minimum absolute atomic E-state index is 0.202. The molecule has 1 aromatic heterocycles. The van der Waals surface area contributed by atoms with E-state index in [2.05, 4.69) is 4.98 Å². The van der Waals surface area contributed by atoms with Gasteiger partial charge in [-0.15, -0.1) is 0 Å². The molecule has 142 valence electrons. The summed E-state index contributed by atoms with van der Waals surface area (Å²) in [5.74, 6) is -0.240. The lowest BCUT2D eigenvalue weighted by atomic mass is 10.0. The van der Waals surface area contributed by atoms with E-state index in [1.54, 1.807) is 0 Å². The van der Waals surface area contributed by atoms with E-state index in [0.29, 0.717) is 18.8 Å². The second-order valence-electron chi connectivity index (χ2n) is 6.70. The van der Waals surface area contributed by atoms with E-state index in [1.807, 2.05) is 35.9 Å². The van der Waals surface area contributed by atoms with Gasteiger partial charge < -0.3 is 4.57 Å². The van der Waals surface area contributed by atoms with E-state index in [4.69, 9.17) is 11.6 Å². The van der Waals surface area contributed by atoms with Gasteiger partial charge in [-0.05, 0) is 37.1 Å². The van der Waals surface area contributed by atoms with Crippen LogP contribution < -0.4 is 0 Å². The van der Waals surface area contributed by atoms with Gasteiger partial charge >= 0.3 is 0 Å². The third-order valence-corrected chi connectivity index (χ3v) is 7.29. The zero-order chi connectivity index (χ0) is 19.2. The van der Waals surface area contributed by atoms with Crippen molar-refractivity contribution in [1.82, 2.24) is 13.9 Å². The molecule has 0 spiro atoms. The zero-order valence-electron chi connectivity index (χ0n) is 14.8. The van der Waals surface area contributed by atoms with Crippen LogP contribution in [0.1, 0.15) is 31.1 Å². The summed E-state index contributed by atoms with van der Waals surface area (Å²) in [7, 11) is -2.17. The van der Waals surface area contributed by atoms with Gasteiger partial charge in [0, 0.05) is 13.6 Å². The van der Waals surface area contributed by atoms with Gasteiger partial charge in [0.05, 0.1) is 22.1 Å². The lowest BCUT2D eigenvalue weighted by Gasteiger charge is -2.34. The highest BCUT2D eigenvalue weighted by molar-refractivity contribution is 7.89. The van der Waals surface area contributed by atoms with E-state index in [0.717, 1.165) is 23.9 Å². The van der Waals surface area contributed by atoms with Gasteiger partial charge in [0.25, 0.3) is 0 Å². The number of benzene rings is 2. The Balaban J connectivity index is 1.83. The van der Waals surface area contributed by atoms with Crippen molar-refractivity contribution in [2.75, 3.05) is 6.54 Å². The number of aryl methyl sites for hydroxylation is 1. The number of imidazole rings is 1. The van der Waals surface area contributed by atoms with Crippen LogP contribution in [0.3, 0.4) is 0 Å². The number of para-hydroxylation sites is 2. The highest BCUT2D eigenvalue weighted by Crippen LogP contribution is 2.37. The first-order valence-corrected chi connectivity index (χ1v) is 10.6. The maximum atomic E-state index is 14.5. The fourth-order valence-electron chi connectivity index (χ4n) is 3.72. The topological polar surface area (TPSA) is 55.2 Å². The molecule has 0 bridgehead atoms. The molecule has 1 atom stereocenters. The monoisotopic (exact) mass is 407 g/mol. The molecule has 8 heteroatoms. The summed E-state index contributed by atoms with van der Waals surface area (Å²) in [5.41, 5.74) is 1.75. The van der Waals surface area contributed by atoms with Crippen molar-refractivity contribution in [3.05, 3.63) is 59.1 Å². The molecule has 5 nitrogen and oxygen atoms in total. The molecule has 1 saturated heterocycles. The minimum atomic E-state index is -4.05. The highest BCUT2D eigenvalue weighted by atomic mass is 35.5. The van der Waals surface area contributed by atoms with Gasteiger partial charge in [-0.3, -0.25) is 0 Å². The predicted octanol–water partition coefficient (Wildman–Crippen LogP) is 4.28. The lowest BCUT2D eigenvalue weighted by Crippen LogP contribution is -2.39. The van der Waals surface area contributed by atoms with Gasteiger partial charge in [-0.25, -0.2) is 17.8 Å². The number of hydrogen-bond acceptors (Lipinski definition) is 3. The molecular formula is C19H19ClFN3O2S. The molecule has 27 heavy (non-hydrogen) atoms. The van der Waals surface area contributed by atoms with Gasteiger partial charge in [0.2, 0.25) is 10.0 Å². The molecule has 0 N–H and O–H groups in total. The van der Waals surface area contributed by atoms with E-state index < -0.39 is 21.9 Å². The molecule has 1 aliphatic heterocycles. The quantitative estimate of drug-likeness (QED) is 0.651. The van der Waals surface area contributed by atoms with Gasteiger partial charge in [0.15, 0.2) is 5.82 Å². The maximum absolute atomic E-state index is 14.5. The van der Waals surface area contributed by atoms with E-state index in [9.17, 15) is 12.8 Å². The molecular weight excluding hydrogens is 389 g/mol. The normalized spacial score (nSPS) is 18.9. The number of nitrogens with zero attached hydrogens (tertiary/aromatic N) is 3. The van der Waals surface area contributed by atoms with Crippen molar-refractivity contribution in [3.63, 3.8) is 0 Å². The Morgan fingerprint density at radius 2 is 1.93 bits per heavy atom. The van der Waals surface area contributed by atoms with Gasteiger partial charge in [-0.2, -0.15) is 4.31 Å². The number of aromatic nitrogens is 2. The highest BCUT2D eigenvalue weighted by Gasteiger charge is 2.38. The number of rotatable bonds is 3. The van der Waals surface area contributed by atoms with Crippen LogP contribution in [0.5, 0.6) is 0 Å². The summed E-state index contributed by atoms with van der Waals surface area (Å²) < 4.78 is 44.3. The third-order valence-electron chi connectivity index (χ3n) is 5.08. The second kappa shape index (κ2) is 6.89. The number of fused-ring (bicyclic) bond motifs is 1. The van der Waals surface area contributed by atoms with Crippen LogP contribution in [0.15, 0.2) is 47.4 Å². The Kier molecular flexibility index (Phi) is 4.70. The number of halogens is 2. The first-order valence-electron chi connectivity index (χ1n) is 8.78. The summed E-state index contributed by atoms with van der Waals surface area (Å²) in [6.45, 7) is 0.322. The van der Waals surface area contributed by atoms with Crippen molar-refractivity contribution >= 4 is 32.7 Å². The minimum Gasteiger partial charge on any atom is -0.330 e. The first kappa shape index (κ1) is 18.4. The fraction of sp³-hybridized carbons (Fsp3) is 0.316. The summed E-state index contributed by atoms with van der Waals surface area (Å²) >= 11 is 5.82. The number of piperidine rings is 1. The van der Waals surface area contributed by atoms with Crippen molar-refractivity contribution in [3.8, 4) is 0 Å². The molecule has 1 aliphatic rings. The zero-order valence-corrected chi connectivity index (χ0v) is 16.3. The number of sulfonamides is 1. The first-order chi connectivity index (χ1) is 12.9. The van der Waals surface area contributed by atoms with Gasteiger partial charge in [0.1, 0.15) is 10.7 Å². The van der Waals surface area contributed by atoms with E-state index in [1.165, 1.54) is 22.5 Å². The lowest BCUT2D eigenvalue weighted by molar-refractivity contribution is 0.243. The Morgan fingerprint density at radius 3 is 2.70 bits per heavy atom. The Labute approximate surface area is 162 Å². The molecule has 1 fully saturated rings. The molecule has 4 rings (SSSR count). The van der Waals surface area contributed by atoms with Crippen molar-refractivity contribution < 1.29 is 12.8 Å². The molecule has 3 aromatic rings. The summed E-state index contributed by atoms with van der Waals surface area (Å²) in [5, 5.41) is -0.202. The molecule has 0 aliphatic carbocycles. The van der Waals surface area contributed by atoms with Crippen LogP contribution in [0, 0.1) is 5.82 Å². The largest absolute Gasteiger partial charge is 0.330 e. The molecule has 1 unspecified atom stereocenters. The van der Waals surface area contributed by atoms with Crippen LogP contribution in [0.2, 0.25) is 5.02 Å². The fourth-order valence-corrected chi connectivity index (χ4v) is 5.70.